The fourth-order valence-corrected chi connectivity index (χ4v) is 15.9. The molecule has 0 nitrogen and oxygen atoms in total. The van der Waals surface area contributed by atoms with Gasteiger partial charge in [-0.2, -0.15) is 0 Å². The van der Waals surface area contributed by atoms with Crippen molar-refractivity contribution in [3.8, 4) is 11.1 Å². The fraction of sp³-hybridized carbons (Fsp3) is 0.115. The maximum atomic E-state index is 2.44. The molecule has 3 aromatic rings. The van der Waals surface area contributed by atoms with E-state index in [2.05, 4.69) is 104 Å². The van der Waals surface area contributed by atoms with E-state index in [1.165, 1.54) is 22.3 Å². The van der Waals surface area contributed by atoms with Crippen LogP contribution in [0.1, 0.15) is 23.6 Å². The molecule has 2 aliphatic rings. The van der Waals surface area contributed by atoms with Crippen molar-refractivity contribution in [3.63, 3.8) is 0 Å². The van der Waals surface area contributed by atoms with Crippen molar-refractivity contribution >= 4 is 6.58 Å². The van der Waals surface area contributed by atoms with Crippen LogP contribution in [-0.2, 0) is 27.4 Å². The monoisotopic (exact) mass is 514 g/mol. The molecule has 130 valence electrons. The van der Waals surface area contributed by atoms with E-state index in [1.807, 2.05) is 0 Å². The van der Waals surface area contributed by atoms with Gasteiger partial charge < -0.3 is 0 Å². The molecule has 0 amide bonds. The van der Waals surface area contributed by atoms with Crippen LogP contribution in [0.15, 0.2) is 97.1 Å². The summed E-state index contributed by atoms with van der Waals surface area (Å²) in [4.78, 5) is 0. The summed E-state index contributed by atoms with van der Waals surface area (Å²) >= 11 is -2.34. The topological polar surface area (TPSA) is 0 Å². The molecule has 0 saturated heterocycles. The first-order chi connectivity index (χ1) is 13.3. The third kappa shape index (κ3) is 2.99. The minimum atomic E-state index is -2.34. The Hall–Kier alpha value is -2.12. The summed E-state index contributed by atoms with van der Waals surface area (Å²) in [6, 6.07) is 27.1. The van der Waals surface area contributed by atoms with Crippen molar-refractivity contribution in [3.05, 3.63) is 114 Å². The van der Waals surface area contributed by atoms with Gasteiger partial charge in [-0.15, -0.1) is 0 Å². The molecule has 0 N–H and O–H groups in total. The fourth-order valence-electron chi connectivity index (χ4n) is 4.51. The van der Waals surface area contributed by atoms with E-state index in [-0.39, 0.29) is 0 Å². The van der Waals surface area contributed by atoms with Crippen molar-refractivity contribution < 1.29 is 21.0 Å². The van der Waals surface area contributed by atoms with Crippen LogP contribution in [0, 0.1) is 0 Å². The standard InChI is InChI=1S/C13H9.C8H8.C5H5.Hf/c1-3-7-12-10(5-1)9-11-6-2-4-8-13(11)12;1-2-8-6-4-3-5-7-8;1-2-4-5-3-1;/h1-5,7-8H,9H2;3-7H,1H3;1-5H;. The van der Waals surface area contributed by atoms with Gasteiger partial charge in [0, 0.05) is 0 Å². The summed E-state index contributed by atoms with van der Waals surface area (Å²) in [6.45, 7) is 2.40. The SMILES string of the molecule is C[C](c1ccccc1)=[Hf]([c]1cccc2c1Cc1ccccc1-2)[CH]1C=CC=C1. The first-order valence-corrected chi connectivity index (χ1v) is 15.3. The van der Waals surface area contributed by atoms with Gasteiger partial charge in [0.1, 0.15) is 0 Å². The van der Waals surface area contributed by atoms with Crippen LogP contribution in [0.3, 0.4) is 0 Å². The minimum absolute atomic E-state index is 0.630. The average Bonchev–Trinajstić information content (AvgIpc) is 3.37. The number of benzene rings is 3. The molecule has 3 aromatic carbocycles. The molecule has 0 fully saturated rings. The zero-order valence-electron chi connectivity index (χ0n) is 15.5. The summed E-state index contributed by atoms with van der Waals surface area (Å²) in [5.41, 5.74) is 7.43. The quantitative estimate of drug-likeness (QED) is 0.311. The first kappa shape index (κ1) is 17.0. The molecule has 5 rings (SSSR count). The molecular formula is C26H22Hf. The molecule has 1 heteroatoms. The van der Waals surface area contributed by atoms with Crippen LogP contribution in [0.25, 0.3) is 11.1 Å². The second-order valence-electron chi connectivity index (χ2n) is 7.37. The summed E-state index contributed by atoms with van der Waals surface area (Å²) in [5, 5.41) is 0. The van der Waals surface area contributed by atoms with Gasteiger partial charge in [-0.25, -0.2) is 0 Å². The molecule has 0 spiro atoms. The van der Waals surface area contributed by atoms with Gasteiger partial charge in [0.15, 0.2) is 0 Å². The van der Waals surface area contributed by atoms with Crippen molar-refractivity contribution in [2.24, 2.45) is 0 Å². The third-order valence-corrected chi connectivity index (χ3v) is 17.3. The van der Waals surface area contributed by atoms with Crippen LogP contribution < -0.4 is 3.32 Å². The molecular weight excluding hydrogens is 491 g/mol. The Morgan fingerprint density at radius 2 is 1.48 bits per heavy atom. The Balaban J connectivity index is 1.74. The molecule has 0 atom stereocenters. The van der Waals surface area contributed by atoms with Gasteiger partial charge in [0.2, 0.25) is 0 Å². The van der Waals surface area contributed by atoms with Gasteiger partial charge in [0.25, 0.3) is 0 Å². The summed E-state index contributed by atoms with van der Waals surface area (Å²) in [5.74, 6) is 0. The number of allylic oxidation sites excluding steroid dienone is 4. The van der Waals surface area contributed by atoms with E-state index in [0.717, 1.165) is 6.42 Å². The van der Waals surface area contributed by atoms with Crippen molar-refractivity contribution in [2.45, 2.75) is 17.0 Å². The zero-order chi connectivity index (χ0) is 18.2. The molecule has 0 saturated carbocycles. The van der Waals surface area contributed by atoms with E-state index in [9.17, 15) is 0 Å². The predicted molar refractivity (Wildman–Crippen MR) is 113 cm³/mol. The van der Waals surface area contributed by atoms with Crippen molar-refractivity contribution in [1.82, 2.24) is 0 Å². The Kier molecular flexibility index (Phi) is 4.49. The molecule has 2 aliphatic carbocycles. The number of hydrogen-bond donors (Lipinski definition) is 0. The number of hydrogen-bond acceptors (Lipinski definition) is 0. The van der Waals surface area contributed by atoms with Crippen molar-refractivity contribution in [1.29, 1.82) is 0 Å². The van der Waals surface area contributed by atoms with Crippen LogP contribution in [0.5, 0.6) is 0 Å². The average molecular weight is 513 g/mol. The van der Waals surface area contributed by atoms with E-state index in [1.54, 1.807) is 12.1 Å². The first-order valence-electron chi connectivity index (χ1n) is 9.64. The molecule has 27 heavy (non-hydrogen) atoms. The van der Waals surface area contributed by atoms with E-state index >= 15 is 0 Å². The zero-order valence-corrected chi connectivity index (χ0v) is 19.1. The number of fused-ring (bicyclic) bond motifs is 3. The Morgan fingerprint density at radius 1 is 0.778 bits per heavy atom. The molecule has 0 radical (unpaired) electrons. The molecule has 0 bridgehead atoms. The Labute approximate surface area is 168 Å². The van der Waals surface area contributed by atoms with E-state index in [0.29, 0.717) is 3.67 Å². The van der Waals surface area contributed by atoms with Gasteiger partial charge in [-0.3, -0.25) is 0 Å². The van der Waals surface area contributed by atoms with Crippen LogP contribution in [0.2, 0.25) is 3.67 Å². The van der Waals surface area contributed by atoms with Crippen LogP contribution >= 0.6 is 0 Å². The molecule has 0 unspecified atom stereocenters. The maximum absolute atomic E-state index is 2.44. The summed E-state index contributed by atoms with van der Waals surface area (Å²) < 4.78 is 3.98. The van der Waals surface area contributed by atoms with Crippen molar-refractivity contribution in [2.75, 3.05) is 0 Å². The Bertz CT molecular complexity index is 1090. The molecule has 0 heterocycles. The normalized spacial score (nSPS) is 15.6. The van der Waals surface area contributed by atoms with Gasteiger partial charge in [-0.05, 0) is 0 Å². The second-order valence-corrected chi connectivity index (χ2v) is 17.4. The summed E-state index contributed by atoms with van der Waals surface area (Å²) in [6.07, 6.45) is 10.5. The Morgan fingerprint density at radius 3 is 2.30 bits per heavy atom. The predicted octanol–water partition coefficient (Wildman–Crippen LogP) is 5.66. The molecule has 0 aromatic heterocycles. The van der Waals surface area contributed by atoms with E-state index in [4.69, 9.17) is 0 Å². The van der Waals surface area contributed by atoms with Gasteiger partial charge in [-0.1, -0.05) is 0 Å². The van der Waals surface area contributed by atoms with Gasteiger partial charge >= 0.3 is 169 Å². The van der Waals surface area contributed by atoms with E-state index < -0.39 is 21.0 Å². The molecule has 0 aliphatic heterocycles. The third-order valence-electron chi connectivity index (χ3n) is 5.83. The number of rotatable bonds is 3. The summed E-state index contributed by atoms with van der Waals surface area (Å²) in [7, 11) is 0. The van der Waals surface area contributed by atoms with Gasteiger partial charge in [0.05, 0.1) is 0 Å². The second kappa shape index (κ2) is 7.13. The van der Waals surface area contributed by atoms with Crippen LogP contribution in [0.4, 0.5) is 0 Å². The van der Waals surface area contributed by atoms with Crippen LogP contribution in [-0.4, -0.2) is 3.26 Å².